The van der Waals surface area contributed by atoms with Crippen LogP contribution in [0.3, 0.4) is 0 Å². The van der Waals surface area contributed by atoms with Crippen molar-refractivity contribution in [2.45, 2.75) is 63.7 Å². The predicted octanol–water partition coefficient (Wildman–Crippen LogP) is 6.71. The molecule has 1 aromatic heterocycles. The molecule has 1 saturated carbocycles. The van der Waals surface area contributed by atoms with Gasteiger partial charge in [0.05, 0.1) is 0 Å². The van der Waals surface area contributed by atoms with Gasteiger partial charge in [0.2, 0.25) is 5.95 Å². The van der Waals surface area contributed by atoms with Crippen LogP contribution in [0.15, 0.2) is 84.9 Å². The highest BCUT2D eigenvalue weighted by atomic mass is 32.1. The molecule has 0 unspecified atom stereocenters. The summed E-state index contributed by atoms with van der Waals surface area (Å²) in [6.45, 7) is 4.17. The van der Waals surface area contributed by atoms with Gasteiger partial charge in [-0.05, 0) is 52.9 Å². The molecule has 41 heavy (non-hydrogen) atoms. The highest BCUT2D eigenvalue weighted by molar-refractivity contribution is 7.80. The van der Waals surface area contributed by atoms with E-state index in [1.807, 2.05) is 0 Å². The molecule has 7 rings (SSSR count). The molecule has 2 aliphatic heterocycles. The van der Waals surface area contributed by atoms with Crippen LogP contribution in [-0.4, -0.2) is 21.6 Å². The van der Waals surface area contributed by atoms with Gasteiger partial charge in [-0.1, -0.05) is 98.1 Å². The quantitative estimate of drug-likeness (QED) is 0.254. The van der Waals surface area contributed by atoms with Crippen LogP contribution >= 0.6 is 12.2 Å². The molecule has 1 aliphatic carbocycles. The fourth-order valence-corrected chi connectivity index (χ4v) is 6.94. The van der Waals surface area contributed by atoms with E-state index in [2.05, 4.69) is 105 Å². The maximum absolute atomic E-state index is 5.84. The van der Waals surface area contributed by atoms with Gasteiger partial charge in [-0.25, -0.2) is 0 Å². The van der Waals surface area contributed by atoms with E-state index in [0.29, 0.717) is 11.1 Å². The standard InChI is InChI=1S/C34H36N6S/c41-33(35-24-34(17-9-2-10-18-34)29-15-3-1-4-16-29)38-32-36-30(39-20-25-11-5-6-12-26(25)21-39)19-31(37-32)40-22-27-13-7-8-14-28(27)23-40/h1,3-8,11-16,19H,2,9-10,17-18,20-24H2,(H2,35,36,37,38,41). The number of fused-ring (bicyclic) bond motifs is 2. The molecule has 2 N–H and O–H groups in total. The molecule has 0 bridgehead atoms. The van der Waals surface area contributed by atoms with Crippen LogP contribution < -0.4 is 20.4 Å². The summed E-state index contributed by atoms with van der Waals surface area (Å²) in [7, 11) is 0. The first-order chi connectivity index (χ1) is 20.1. The number of hydrogen-bond acceptors (Lipinski definition) is 5. The van der Waals surface area contributed by atoms with E-state index in [1.54, 1.807) is 0 Å². The number of benzene rings is 3. The first kappa shape index (κ1) is 26.0. The van der Waals surface area contributed by atoms with Crippen molar-refractivity contribution >= 4 is 34.9 Å². The Morgan fingerprint density at radius 2 is 1.17 bits per heavy atom. The number of anilines is 3. The molecule has 7 heteroatoms. The molecule has 3 aliphatic rings. The van der Waals surface area contributed by atoms with Crippen molar-refractivity contribution in [2.24, 2.45) is 0 Å². The fourth-order valence-electron chi connectivity index (χ4n) is 6.78. The number of thiocarbonyl (C=S) groups is 1. The van der Waals surface area contributed by atoms with Crippen LogP contribution in [0.25, 0.3) is 0 Å². The lowest BCUT2D eigenvalue weighted by Crippen LogP contribution is -2.43. The van der Waals surface area contributed by atoms with E-state index in [-0.39, 0.29) is 5.41 Å². The van der Waals surface area contributed by atoms with Crippen LogP contribution in [-0.2, 0) is 31.6 Å². The highest BCUT2D eigenvalue weighted by Gasteiger charge is 2.34. The van der Waals surface area contributed by atoms with E-state index < -0.39 is 0 Å². The summed E-state index contributed by atoms with van der Waals surface area (Å²) in [6.07, 6.45) is 6.16. The Bertz CT molecular complexity index is 1420. The van der Waals surface area contributed by atoms with E-state index in [4.69, 9.17) is 22.2 Å². The van der Waals surface area contributed by atoms with Gasteiger partial charge in [0.1, 0.15) is 11.6 Å². The first-order valence-electron chi connectivity index (χ1n) is 14.8. The summed E-state index contributed by atoms with van der Waals surface area (Å²) in [5.41, 5.74) is 6.91. The number of rotatable bonds is 6. The van der Waals surface area contributed by atoms with E-state index in [9.17, 15) is 0 Å². The van der Waals surface area contributed by atoms with Crippen molar-refractivity contribution in [1.29, 1.82) is 0 Å². The number of hydrogen-bond donors (Lipinski definition) is 2. The average Bonchev–Trinajstić information content (AvgIpc) is 3.66. The topological polar surface area (TPSA) is 56.3 Å². The van der Waals surface area contributed by atoms with Gasteiger partial charge in [-0.15, -0.1) is 0 Å². The van der Waals surface area contributed by atoms with Crippen LogP contribution in [0.2, 0.25) is 0 Å². The molecule has 1 fully saturated rings. The molecular weight excluding hydrogens is 524 g/mol. The van der Waals surface area contributed by atoms with Crippen LogP contribution in [0.4, 0.5) is 17.6 Å². The minimum absolute atomic E-state index is 0.0990. The van der Waals surface area contributed by atoms with Gasteiger partial charge in [0.15, 0.2) is 5.11 Å². The van der Waals surface area contributed by atoms with E-state index >= 15 is 0 Å². The predicted molar refractivity (Wildman–Crippen MR) is 170 cm³/mol. The Balaban J connectivity index is 1.12. The first-order valence-corrected chi connectivity index (χ1v) is 15.2. The molecule has 4 aromatic rings. The zero-order chi connectivity index (χ0) is 27.6. The van der Waals surface area contributed by atoms with E-state index in [0.717, 1.165) is 44.4 Å². The third-order valence-corrected chi connectivity index (χ3v) is 9.28. The zero-order valence-electron chi connectivity index (χ0n) is 23.4. The molecule has 3 heterocycles. The van der Waals surface area contributed by atoms with Crippen LogP contribution in [0, 0.1) is 0 Å². The van der Waals surface area contributed by atoms with Gasteiger partial charge in [-0.3, -0.25) is 0 Å². The second-order valence-corrected chi connectivity index (χ2v) is 12.1. The lowest BCUT2D eigenvalue weighted by atomic mass is 9.69. The third-order valence-electron chi connectivity index (χ3n) is 9.04. The van der Waals surface area contributed by atoms with Crippen LogP contribution in [0.5, 0.6) is 0 Å². The van der Waals surface area contributed by atoms with Gasteiger partial charge >= 0.3 is 0 Å². The largest absolute Gasteiger partial charge is 0.361 e. The Labute approximate surface area is 247 Å². The molecule has 0 spiro atoms. The van der Waals surface area contributed by atoms with E-state index in [1.165, 1.54) is 59.9 Å². The normalized spacial score (nSPS) is 17.2. The molecule has 0 radical (unpaired) electrons. The minimum atomic E-state index is 0.0990. The zero-order valence-corrected chi connectivity index (χ0v) is 24.2. The van der Waals surface area contributed by atoms with Gasteiger partial charge in [-0.2, -0.15) is 9.97 Å². The summed E-state index contributed by atoms with van der Waals surface area (Å²) >= 11 is 5.84. The number of nitrogens with zero attached hydrogens (tertiary/aromatic N) is 4. The fraction of sp³-hybridized carbons (Fsp3) is 0.324. The van der Waals surface area contributed by atoms with Crippen molar-refractivity contribution in [3.8, 4) is 0 Å². The Kier molecular flexibility index (Phi) is 7.05. The summed E-state index contributed by atoms with van der Waals surface area (Å²) in [5.74, 6) is 2.38. The second-order valence-electron chi connectivity index (χ2n) is 11.7. The summed E-state index contributed by atoms with van der Waals surface area (Å²) in [6, 6.07) is 30.3. The second kappa shape index (κ2) is 11.1. The maximum Gasteiger partial charge on any atom is 0.232 e. The molecule has 0 saturated heterocycles. The lowest BCUT2D eigenvalue weighted by molar-refractivity contribution is 0.292. The SMILES string of the molecule is S=C(NCC1(c2ccccc2)CCCCC1)Nc1nc(N2Cc3ccccc3C2)cc(N2Cc3ccccc3C2)n1. The highest BCUT2D eigenvalue weighted by Crippen LogP contribution is 2.39. The van der Waals surface area contributed by atoms with Crippen LogP contribution in [0.1, 0.15) is 59.9 Å². The average molecular weight is 561 g/mol. The van der Waals surface area contributed by atoms with Crippen molar-refractivity contribution in [1.82, 2.24) is 15.3 Å². The van der Waals surface area contributed by atoms with Crippen molar-refractivity contribution in [3.63, 3.8) is 0 Å². The summed E-state index contributed by atoms with van der Waals surface area (Å²) < 4.78 is 0. The molecule has 208 valence electrons. The lowest BCUT2D eigenvalue weighted by Gasteiger charge is -2.38. The maximum atomic E-state index is 5.84. The minimum Gasteiger partial charge on any atom is -0.361 e. The smallest absolute Gasteiger partial charge is 0.232 e. The van der Waals surface area contributed by atoms with Gasteiger partial charge in [0.25, 0.3) is 0 Å². The van der Waals surface area contributed by atoms with Crippen molar-refractivity contribution in [3.05, 3.63) is 113 Å². The van der Waals surface area contributed by atoms with Gasteiger partial charge < -0.3 is 20.4 Å². The molecule has 6 nitrogen and oxygen atoms in total. The molecule has 3 aromatic carbocycles. The summed E-state index contributed by atoms with van der Waals surface area (Å²) in [4.78, 5) is 14.6. The monoisotopic (exact) mass is 560 g/mol. The Morgan fingerprint density at radius 3 is 1.68 bits per heavy atom. The summed E-state index contributed by atoms with van der Waals surface area (Å²) in [5, 5.41) is 7.50. The number of aromatic nitrogens is 2. The molecule has 0 atom stereocenters. The molecule has 0 amide bonds. The number of nitrogens with one attached hydrogen (secondary N) is 2. The van der Waals surface area contributed by atoms with Gasteiger partial charge in [0, 0.05) is 44.2 Å². The van der Waals surface area contributed by atoms with Crippen molar-refractivity contribution < 1.29 is 0 Å². The third kappa shape index (κ3) is 5.38. The Hall–Kier alpha value is -3.97. The molecular formula is C34H36N6S. The van der Waals surface area contributed by atoms with Crippen molar-refractivity contribution in [2.75, 3.05) is 21.7 Å². The Morgan fingerprint density at radius 1 is 0.683 bits per heavy atom.